The molecule has 0 radical (unpaired) electrons. The average Bonchev–Trinajstić information content (AvgIpc) is 2.44. The maximum atomic E-state index is 11.3. The number of cyclic esters (lactones) is 1. The van der Waals surface area contributed by atoms with Gasteiger partial charge in [-0.1, -0.05) is 13.8 Å². The molecule has 4 nitrogen and oxygen atoms in total. The Morgan fingerprint density at radius 3 is 2.64 bits per heavy atom. The van der Waals surface area contributed by atoms with E-state index in [9.17, 15) is 9.59 Å². The molecule has 0 amide bonds. The van der Waals surface area contributed by atoms with Gasteiger partial charge in [0.25, 0.3) is 0 Å². The molecule has 1 fully saturated rings. The van der Waals surface area contributed by atoms with Gasteiger partial charge in [0, 0.05) is 6.42 Å². The molecule has 0 aromatic heterocycles. The molecule has 1 saturated heterocycles. The topological polar surface area (TPSA) is 63.6 Å². The minimum absolute atomic E-state index is 0.239. The Labute approximate surface area is 83.2 Å². The third kappa shape index (κ3) is 1.89. The summed E-state index contributed by atoms with van der Waals surface area (Å²) in [5.74, 6) is -1.20. The second kappa shape index (κ2) is 3.98. The molecule has 0 bridgehead atoms. The molecule has 0 aromatic carbocycles. The highest BCUT2D eigenvalue weighted by Crippen LogP contribution is 2.36. The van der Waals surface area contributed by atoms with Crippen molar-refractivity contribution < 1.29 is 19.4 Å². The van der Waals surface area contributed by atoms with Crippen LogP contribution < -0.4 is 0 Å². The van der Waals surface area contributed by atoms with E-state index in [2.05, 4.69) is 0 Å². The maximum absolute atomic E-state index is 11.3. The zero-order valence-electron chi connectivity index (χ0n) is 8.58. The van der Waals surface area contributed by atoms with Crippen LogP contribution in [0.3, 0.4) is 0 Å². The highest BCUT2D eigenvalue weighted by Gasteiger charge is 2.50. The second-order valence-electron chi connectivity index (χ2n) is 4.21. The third-order valence-corrected chi connectivity index (χ3v) is 2.71. The first-order valence-corrected chi connectivity index (χ1v) is 4.89. The lowest BCUT2D eigenvalue weighted by Gasteiger charge is -2.19. The first-order chi connectivity index (χ1) is 6.49. The molecule has 1 aliphatic rings. The van der Waals surface area contributed by atoms with Crippen molar-refractivity contribution >= 4 is 11.9 Å². The van der Waals surface area contributed by atoms with Gasteiger partial charge >= 0.3 is 11.9 Å². The van der Waals surface area contributed by atoms with Crippen LogP contribution in [0.4, 0.5) is 0 Å². The summed E-state index contributed by atoms with van der Waals surface area (Å²) in [5.41, 5.74) is -1.26. The van der Waals surface area contributed by atoms with Crippen molar-refractivity contribution in [1.29, 1.82) is 0 Å². The van der Waals surface area contributed by atoms with Crippen LogP contribution >= 0.6 is 0 Å². The van der Waals surface area contributed by atoms with Crippen molar-refractivity contribution in [1.82, 2.24) is 0 Å². The van der Waals surface area contributed by atoms with Gasteiger partial charge in [-0.3, -0.25) is 9.59 Å². The molecule has 14 heavy (non-hydrogen) atoms. The number of esters is 1. The van der Waals surface area contributed by atoms with Crippen molar-refractivity contribution in [3.8, 4) is 0 Å². The fourth-order valence-electron chi connectivity index (χ4n) is 1.62. The zero-order valence-corrected chi connectivity index (χ0v) is 8.58. The van der Waals surface area contributed by atoms with Gasteiger partial charge in [-0.05, 0) is 18.8 Å². The average molecular weight is 200 g/mol. The first kappa shape index (κ1) is 11.0. The van der Waals surface area contributed by atoms with Crippen LogP contribution in [-0.4, -0.2) is 23.7 Å². The smallest absolute Gasteiger partial charge is 0.323 e. The quantitative estimate of drug-likeness (QED) is 0.551. The lowest BCUT2D eigenvalue weighted by Crippen LogP contribution is -2.35. The molecule has 1 N–H and O–H groups in total. The van der Waals surface area contributed by atoms with Gasteiger partial charge in [0.05, 0.1) is 6.61 Å². The van der Waals surface area contributed by atoms with Crippen LogP contribution in [0, 0.1) is 11.3 Å². The maximum Gasteiger partial charge on any atom is 0.323 e. The van der Waals surface area contributed by atoms with Gasteiger partial charge in [0.1, 0.15) is 0 Å². The summed E-state index contributed by atoms with van der Waals surface area (Å²) in [7, 11) is 0. The predicted molar refractivity (Wildman–Crippen MR) is 49.7 cm³/mol. The largest absolute Gasteiger partial charge is 0.480 e. The molecule has 1 unspecified atom stereocenters. The Bertz CT molecular complexity index is 247. The van der Waals surface area contributed by atoms with E-state index >= 15 is 0 Å². The highest BCUT2D eigenvalue weighted by atomic mass is 16.5. The summed E-state index contributed by atoms with van der Waals surface area (Å²) >= 11 is 0. The van der Waals surface area contributed by atoms with E-state index in [1.165, 1.54) is 0 Å². The minimum Gasteiger partial charge on any atom is -0.480 e. The van der Waals surface area contributed by atoms with Gasteiger partial charge in [0.2, 0.25) is 0 Å². The van der Waals surface area contributed by atoms with Crippen LogP contribution in [-0.2, 0) is 14.3 Å². The number of hydrogen-bond donors (Lipinski definition) is 1. The van der Waals surface area contributed by atoms with E-state index in [4.69, 9.17) is 9.84 Å². The van der Waals surface area contributed by atoms with Crippen molar-refractivity contribution in [2.24, 2.45) is 11.3 Å². The SMILES string of the molecule is CC(C)CCC1(C(=O)O)CCOC1=O. The Morgan fingerprint density at radius 1 is 1.64 bits per heavy atom. The number of carboxylic acid groups (broad SMARTS) is 1. The highest BCUT2D eigenvalue weighted by molar-refractivity contribution is 6.00. The molecule has 0 spiro atoms. The molecule has 1 heterocycles. The van der Waals surface area contributed by atoms with Crippen molar-refractivity contribution in [2.75, 3.05) is 6.61 Å². The lowest BCUT2D eigenvalue weighted by atomic mass is 9.80. The number of ether oxygens (including phenoxy) is 1. The number of aliphatic carboxylic acids is 1. The summed E-state index contributed by atoms with van der Waals surface area (Å²) < 4.78 is 4.74. The van der Waals surface area contributed by atoms with E-state index < -0.39 is 17.4 Å². The molecule has 0 aliphatic carbocycles. The molecular formula is C10H16O4. The summed E-state index contributed by atoms with van der Waals surface area (Å²) in [6, 6.07) is 0. The van der Waals surface area contributed by atoms with E-state index in [0.717, 1.165) is 6.42 Å². The number of rotatable bonds is 4. The van der Waals surface area contributed by atoms with E-state index in [1.807, 2.05) is 13.8 Å². The first-order valence-electron chi connectivity index (χ1n) is 4.89. The van der Waals surface area contributed by atoms with Crippen LogP contribution in [0.25, 0.3) is 0 Å². The summed E-state index contributed by atoms with van der Waals surface area (Å²) in [6.45, 7) is 4.26. The fraction of sp³-hybridized carbons (Fsp3) is 0.800. The Kier molecular flexibility index (Phi) is 3.13. The standard InChI is InChI=1S/C10H16O4/c1-7(2)3-4-10(8(11)12)5-6-14-9(10)13/h7H,3-6H2,1-2H3,(H,11,12). The van der Waals surface area contributed by atoms with Gasteiger partial charge in [-0.2, -0.15) is 0 Å². The number of carbonyl (C=O) groups excluding carboxylic acids is 1. The summed E-state index contributed by atoms with van der Waals surface area (Å²) in [5, 5.41) is 9.05. The van der Waals surface area contributed by atoms with E-state index in [1.54, 1.807) is 0 Å². The molecule has 1 rings (SSSR count). The molecule has 80 valence electrons. The Balaban J connectivity index is 2.72. The van der Waals surface area contributed by atoms with Gasteiger partial charge < -0.3 is 9.84 Å². The van der Waals surface area contributed by atoms with Crippen LogP contribution in [0.15, 0.2) is 0 Å². The molecule has 0 aromatic rings. The normalized spacial score (nSPS) is 26.6. The predicted octanol–water partition coefficient (Wildman–Crippen LogP) is 1.44. The van der Waals surface area contributed by atoms with Crippen LogP contribution in [0.5, 0.6) is 0 Å². The van der Waals surface area contributed by atoms with Gasteiger partial charge in [0.15, 0.2) is 5.41 Å². The molecule has 0 saturated carbocycles. The summed E-state index contributed by atoms with van der Waals surface area (Å²) in [4.78, 5) is 22.4. The molecule has 1 aliphatic heterocycles. The molecule has 4 heteroatoms. The number of carbonyl (C=O) groups is 2. The van der Waals surface area contributed by atoms with Crippen molar-refractivity contribution in [2.45, 2.75) is 33.1 Å². The van der Waals surface area contributed by atoms with Crippen molar-refractivity contribution in [3.05, 3.63) is 0 Å². The van der Waals surface area contributed by atoms with Gasteiger partial charge in [-0.15, -0.1) is 0 Å². The van der Waals surface area contributed by atoms with Crippen LogP contribution in [0.2, 0.25) is 0 Å². The van der Waals surface area contributed by atoms with E-state index in [0.29, 0.717) is 18.8 Å². The zero-order chi connectivity index (χ0) is 10.8. The Morgan fingerprint density at radius 2 is 2.29 bits per heavy atom. The third-order valence-electron chi connectivity index (χ3n) is 2.71. The Hall–Kier alpha value is -1.06. The van der Waals surface area contributed by atoms with Crippen LogP contribution in [0.1, 0.15) is 33.1 Å². The molecular weight excluding hydrogens is 184 g/mol. The fourth-order valence-corrected chi connectivity index (χ4v) is 1.62. The van der Waals surface area contributed by atoms with E-state index in [-0.39, 0.29) is 6.61 Å². The van der Waals surface area contributed by atoms with Crippen molar-refractivity contribution in [3.63, 3.8) is 0 Å². The number of carboxylic acids is 1. The minimum atomic E-state index is -1.26. The molecule has 1 atom stereocenters. The summed E-state index contributed by atoms with van der Waals surface area (Å²) in [6.07, 6.45) is 1.44. The second-order valence-corrected chi connectivity index (χ2v) is 4.21. The van der Waals surface area contributed by atoms with Gasteiger partial charge in [-0.25, -0.2) is 0 Å². The monoisotopic (exact) mass is 200 g/mol. The number of hydrogen-bond acceptors (Lipinski definition) is 3. The lowest BCUT2D eigenvalue weighted by molar-refractivity contribution is -0.161.